The lowest BCUT2D eigenvalue weighted by Gasteiger charge is -2.46. The van der Waals surface area contributed by atoms with Gasteiger partial charge in [0.2, 0.25) is 0 Å². The molecule has 3 heterocycles. The van der Waals surface area contributed by atoms with Crippen molar-refractivity contribution in [2.75, 3.05) is 33.2 Å². The molecule has 1 aromatic rings. The topological polar surface area (TPSA) is 33.5 Å². The number of piperazine rings is 1. The lowest BCUT2D eigenvalue weighted by Crippen LogP contribution is -2.55. The van der Waals surface area contributed by atoms with Crippen molar-refractivity contribution in [3.63, 3.8) is 0 Å². The van der Waals surface area contributed by atoms with Gasteiger partial charge in [-0.15, -0.1) is 0 Å². The van der Waals surface area contributed by atoms with E-state index in [4.69, 9.17) is 5.26 Å². The van der Waals surface area contributed by atoms with Crippen LogP contribution in [-0.4, -0.2) is 66.1 Å². The van der Waals surface area contributed by atoms with Crippen molar-refractivity contribution in [1.29, 1.82) is 5.26 Å². The molecule has 2 bridgehead atoms. The summed E-state index contributed by atoms with van der Waals surface area (Å²) in [4.78, 5) is 7.97. The molecule has 4 heteroatoms. The first kappa shape index (κ1) is 17.0. The molecule has 0 aromatic heterocycles. The van der Waals surface area contributed by atoms with E-state index in [1.807, 2.05) is 18.2 Å². The highest BCUT2D eigenvalue weighted by atomic mass is 15.3. The fourth-order valence-electron chi connectivity index (χ4n) is 5.25. The van der Waals surface area contributed by atoms with Gasteiger partial charge in [-0.1, -0.05) is 12.1 Å². The van der Waals surface area contributed by atoms with Crippen LogP contribution in [0.4, 0.5) is 0 Å². The van der Waals surface area contributed by atoms with Crippen molar-refractivity contribution < 1.29 is 0 Å². The third-order valence-corrected chi connectivity index (χ3v) is 6.98. The quantitative estimate of drug-likeness (QED) is 0.849. The van der Waals surface area contributed by atoms with Crippen LogP contribution < -0.4 is 0 Å². The van der Waals surface area contributed by atoms with Crippen LogP contribution in [0.5, 0.6) is 0 Å². The molecule has 0 radical (unpaired) electrons. The van der Waals surface area contributed by atoms with Gasteiger partial charge in [0.1, 0.15) is 0 Å². The van der Waals surface area contributed by atoms with Crippen molar-refractivity contribution in [2.45, 2.75) is 56.8 Å². The third-order valence-electron chi connectivity index (χ3n) is 6.98. The fourth-order valence-corrected chi connectivity index (χ4v) is 5.25. The van der Waals surface area contributed by atoms with E-state index >= 15 is 0 Å². The Hall–Kier alpha value is -1.41. The SMILES string of the molecule is CC(c1cccc(C#N)c1)N1CCN(C2CC3CCC(C2)N3C)CC1. The predicted molar refractivity (Wildman–Crippen MR) is 100 cm³/mol. The number of hydrogen-bond donors (Lipinski definition) is 0. The second-order valence-corrected chi connectivity index (χ2v) is 8.16. The Balaban J connectivity index is 1.34. The van der Waals surface area contributed by atoms with Crippen molar-refractivity contribution in [2.24, 2.45) is 0 Å². The van der Waals surface area contributed by atoms with Crippen LogP contribution in [0.1, 0.15) is 49.8 Å². The van der Waals surface area contributed by atoms with E-state index in [0.29, 0.717) is 6.04 Å². The smallest absolute Gasteiger partial charge is 0.0991 e. The molecule has 4 rings (SSSR count). The van der Waals surface area contributed by atoms with Crippen LogP contribution in [0.2, 0.25) is 0 Å². The lowest BCUT2D eigenvalue weighted by molar-refractivity contribution is 0.0295. The van der Waals surface area contributed by atoms with E-state index in [1.165, 1.54) is 44.3 Å². The molecule has 0 aliphatic carbocycles. The van der Waals surface area contributed by atoms with Crippen molar-refractivity contribution in [1.82, 2.24) is 14.7 Å². The van der Waals surface area contributed by atoms with Crippen LogP contribution in [0.15, 0.2) is 24.3 Å². The Morgan fingerprint density at radius 3 is 2.36 bits per heavy atom. The predicted octanol–water partition coefficient (Wildman–Crippen LogP) is 2.86. The van der Waals surface area contributed by atoms with Crippen LogP contribution >= 0.6 is 0 Å². The second kappa shape index (κ2) is 7.07. The van der Waals surface area contributed by atoms with Crippen LogP contribution in [0.25, 0.3) is 0 Å². The van der Waals surface area contributed by atoms with Gasteiger partial charge in [0.05, 0.1) is 11.6 Å². The summed E-state index contributed by atoms with van der Waals surface area (Å²) >= 11 is 0. The molecule has 3 saturated heterocycles. The number of piperidine rings is 1. The third kappa shape index (κ3) is 3.33. The first-order valence-corrected chi connectivity index (χ1v) is 9.86. The van der Waals surface area contributed by atoms with Gasteiger partial charge in [-0.2, -0.15) is 5.26 Å². The number of fused-ring (bicyclic) bond motifs is 2. The fraction of sp³-hybridized carbons (Fsp3) is 0.667. The molecule has 1 aromatic carbocycles. The number of rotatable bonds is 3. The Bertz CT molecular complexity index is 630. The number of nitrogens with zero attached hydrogens (tertiary/aromatic N) is 4. The average Bonchev–Trinajstić information content (AvgIpc) is 2.87. The number of benzene rings is 1. The molecule has 3 aliphatic heterocycles. The summed E-state index contributed by atoms with van der Waals surface area (Å²) in [6.07, 6.45) is 5.55. The van der Waals surface area contributed by atoms with Gasteiger partial charge in [-0.3, -0.25) is 9.80 Å². The van der Waals surface area contributed by atoms with E-state index in [9.17, 15) is 0 Å². The highest BCUT2D eigenvalue weighted by Crippen LogP contribution is 2.36. The maximum atomic E-state index is 9.13. The second-order valence-electron chi connectivity index (χ2n) is 8.16. The summed E-state index contributed by atoms with van der Waals surface area (Å²) in [6.45, 7) is 6.94. The molecule has 3 fully saturated rings. The summed E-state index contributed by atoms with van der Waals surface area (Å²) in [7, 11) is 2.33. The molecule has 0 N–H and O–H groups in total. The van der Waals surface area contributed by atoms with E-state index < -0.39 is 0 Å². The number of hydrogen-bond acceptors (Lipinski definition) is 4. The van der Waals surface area contributed by atoms with Crippen LogP contribution in [0, 0.1) is 11.3 Å². The molecule has 0 spiro atoms. The normalized spacial score (nSPS) is 32.4. The van der Waals surface area contributed by atoms with Gasteiger partial charge in [0.15, 0.2) is 0 Å². The zero-order valence-electron chi connectivity index (χ0n) is 15.6. The molecule has 134 valence electrons. The van der Waals surface area contributed by atoms with Crippen molar-refractivity contribution in [3.05, 3.63) is 35.4 Å². The Labute approximate surface area is 152 Å². The first-order valence-electron chi connectivity index (χ1n) is 9.86. The summed E-state index contributed by atoms with van der Waals surface area (Å²) in [5.74, 6) is 0. The molecule has 25 heavy (non-hydrogen) atoms. The lowest BCUT2D eigenvalue weighted by atomic mass is 9.95. The molecule has 3 unspecified atom stereocenters. The van der Waals surface area contributed by atoms with Gasteiger partial charge in [-0.05, 0) is 57.4 Å². The molecular weight excluding hydrogens is 308 g/mol. The first-order chi connectivity index (χ1) is 12.2. The highest BCUT2D eigenvalue weighted by Gasteiger charge is 2.40. The van der Waals surface area contributed by atoms with Crippen LogP contribution in [-0.2, 0) is 0 Å². The number of nitriles is 1. The Kier molecular flexibility index (Phi) is 4.82. The van der Waals surface area contributed by atoms with Crippen LogP contribution in [0.3, 0.4) is 0 Å². The maximum Gasteiger partial charge on any atom is 0.0991 e. The van der Waals surface area contributed by atoms with E-state index in [1.54, 1.807) is 0 Å². The minimum Gasteiger partial charge on any atom is -0.300 e. The monoisotopic (exact) mass is 338 g/mol. The minimum absolute atomic E-state index is 0.393. The molecule has 3 aliphatic rings. The zero-order valence-corrected chi connectivity index (χ0v) is 15.6. The van der Waals surface area contributed by atoms with Crippen molar-refractivity contribution in [3.8, 4) is 6.07 Å². The maximum absolute atomic E-state index is 9.13. The standard InChI is InChI=1S/C21H30N4/c1-16(18-5-3-4-17(12-18)15-22)24-8-10-25(11-9-24)21-13-19-6-7-20(14-21)23(19)2/h3-5,12,16,19-21H,6-11,13-14H2,1-2H3. The molecule has 3 atom stereocenters. The molecule has 4 nitrogen and oxygen atoms in total. The van der Waals surface area contributed by atoms with Gasteiger partial charge in [0.25, 0.3) is 0 Å². The largest absolute Gasteiger partial charge is 0.300 e. The average molecular weight is 338 g/mol. The zero-order chi connectivity index (χ0) is 17.4. The Morgan fingerprint density at radius 2 is 1.72 bits per heavy atom. The molecular formula is C21H30N4. The van der Waals surface area contributed by atoms with Gasteiger partial charge in [0, 0.05) is 50.3 Å². The van der Waals surface area contributed by atoms with E-state index in [2.05, 4.69) is 40.8 Å². The van der Waals surface area contributed by atoms with E-state index in [0.717, 1.165) is 36.8 Å². The van der Waals surface area contributed by atoms with Crippen molar-refractivity contribution >= 4 is 0 Å². The summed E-state index contributed by atoms with van der Waals surface area (Å²) in [5.41, 5.74) is 2.04. The van der Waals surface area contributed by atoms with Gasteiger partial charge >= 0.3 is 0 Å². The van der Waals surface area contributed by atoms with Gasteiger partial charge < -0.3 is 4.90 Å². The molecule has 0 saturated carbocycles. The van der Waals surface area contributed by atoms with E-state index in [-0.39, 0.29) is 0 Å². The minimum atomic E-state index is 0.393. The summed E-state index contributed by atoms with van der Waals surface area (Å²) < 4.78 is 0. The summed E-state index contributed by atoms with van der Waals surface area (Å²) in [5, 5.41) is 9.13. The highest BCUT2D eigenvalue weighted by molar-refractivity contribution is 5.34. The summed E-state index contributed by atoms with van der Waals surface area (Å²) in [6, 6.07) is 13.2. The Morgan fingerprint density at radius 1 is 1.04 bits per heavy atom. The van der Waals surface area contributed by atoms with Gasteiger partial charge in [-0.25, -0.2) is 0 Å². The molecule has 0 amide bonds.